The van der Waals surface area contributed by atoms with Gasteiger partial charge in [-0.1, -0.05) is 12.1 Å². The van der Waals surface area contributed by atoms with Crippen LogP contribution in [0.25, 0.3) is 0 Å². The number of hydrogen-bond acceptors (Lipinski definition) is 3. The van der Waals surface area contributed by atoms with Crippen molar-refractivity contribution < 1.29 is 14.3 Å². The molecule has 1 saturated carbocycles. The highest BCUT2D eigenvalue weighted by atomic mass is 16.6. The lowest BCUT2D eigenvalue weighted by Crippen LogP contribution is -2.39. The summed E-state index contributed by atoms with van der Waals surface area (Å²) in [5, 5.41) is 0. The van der Waals surface area contributed by atoms with Crippen LogP contribution in [0.15, 0.2) is 24.3 Å². The van der Waals surface area contributed by atoms with Crippen molar-refractivity contribution in [1.82, 2.24) is 0 Å². The molecule has 1 aromatic carbocycles. The first kappa shape index (κ1) is 8.77. The van der Waals surface area contributed by atoms with Gasteiger partial charge in [0, 0.05) is 12.8 Å². The average Bonchev–Trinajstić information content (AvgIpc) is 2.70. The number of benzene rings is 1. The first-order chi connectivity index (χ1) is 7.24. The number of carbonyl (C=O) groups is 1. The molecule has 2 heterocycles. The van der Waals surface area contributed by atoms with E-state index in [1.54, 1.807) is 7.11 Å². The second-order valence-electron chi connectivity index (χ2n) is 4.25. The van der Waals surface area contributed by atoms with Crippen molar-refractivity contribution in [2.45, 2.75) is 24.4 Å². The third-order valence-electron chi connectivity index (χ3n) is 3.44. The lowest BCUT2D eigenvalue weighted by Gasteiger charge is -2.32. The quantitative estimate of drug-likeness (QED) is 0.687. The lowest BCUT2D eigenvalue weighted by atomic mass is 9.65. The number of ether oxygens (including phenoxy) is 2. The molecule has 0 aromatic heterocycles. The van der Waals surface area contributed by atoms with E-state index in [2.05, 4.69) is 0 Å². The van der Waals surface area contributed by atoms with Gasteiger partial charge in [0.25, 0.3) is 0 Å². The summed E-state index contributed by atoms with van der Waals surface area (Å²) < 4.78 is 10.3. The van der Waals surface area contributed by atoms with E-state index in [1.165, 1.54) is 0 Å². The topological polar surface area (TPSA) is 35.5 Å². The van der Waals surface area contributed by atoms with Crippen molar-refractivity contribution in [2.75, 3.05) is 7.11 Å². The zero-order chi connectivity index (χ0) is 10.5. The summed E-state index contributed by atoms with van der Waals surface area (Å²) in [4.78, 5) is 11.7. The molecule has 2 aliphatic heterocycles. The Morgan fingerprint density at radius 1 is 1.47 bits per heavy atom. The normalized spacial score (nSPS) is 32.1. The van der Waals surface area contributed by atoms with E-state index in [9.17, 15) is 4.79 Å². The summed E-state index contributed by atoms with van der Waals surface area (Å²) in [5.74, 6) is 0.728. The Hall–Kier alpha value is -1.51. The summed E-state index contributed by atoms with van der Waals surface area (Å²) in [6, 6.07) is 7.71. The molecular formula is C12H12O3. The van der Waals surface area contributed by atoms with Crippen molar-refractivity contribution in [3.05, 3.63) is 29.8 Å². The highest BCUT2D eigenvalue weighted by Gasteiger charge is 2.61. The van der Waals surface area contributed by atoms with Crippen LogP contribution in [0, 0.1) is 0 Å². The van der Waals surface area contributed by atoms with Crippen molar-refractivity contribution in [3.63, 3.8) is 0 Å². The molecule has 2 bridgehead atoms. The van der Waals surface area contributed by atoms with Crippen LogP contribution in [-0.4, -0.2) is 19.2 Å². The Labute approximate surface area is 88.0 Å². The van der Waals surface area contributed by atoms with Crippen LogP contribution in [0.5, 0.6) is 5.75 Å². The molecule has 0 radical (unpaired) electrons. The van der Waals surface area contributed by atoms with Gasteiger partial charge >= 0.3 is 5.97 Å². The van der Waals surface area contributed by atoms with Crippen LogP contribution in [0.4, 0.5) is 0 Å². The Morgan fingerprint density at radius 2 is 2.27 bits per heavy atom. The number of rotatable bonds is 2. The minimum Gasteiger partial charge on any atom is -0.497 e. The first-order valence-corrected chi connectivity index (χ1v) is 5.10. The van der Waals surface area contributed by atoms with Crippen LogP contribution in [0.3, 0.4) is 0 Å². The van der Waals surface area contributed by atoms with Gasteiger partial charge in [0.15, 0.2) is 0 Å². The van der Waals surface area contributed by atoms with Gasteiger partial charge in [0.2, 0.25) is 0 Å². The van der Waals surface area contributed by atoms with E-state index in [1.807, 2.05) is 24.3 Å². The molecule has 2 saturated heterocycles. The van der Waals surface area contributed by atoms with Crippen LogP contribution < -0.4 is 4.74 Å². The predicted molar refractivity (Wildman–Crippen MR) is 53.8 cm³/mol. The van der Waals surface area contributed by atoms with Crippen LogP contribution in [0.2, 0.25) is 0 Å². The zero-order valence-corrected chi connectivity index (χ0v) is 8.53. The largest absolute Gasteiger partial charge is 0.497 e. The molecule has 78 valence electrons. The van der Waals surface area contributed by atoms with Crippen molar-refractivity contribution in [3.8, 4) is 5.75 Å². The Morgan fingerprint density at radius 3 is 2.87 bits per heavy atom. The Bertz CT molecular complexity index is 419. The minimum absolute atomic E-state index is 0.0687. The van der Waals surface area contributed by atoms with E-state index < -0.39 is 0 Å². The fraction of sp³-hybridized carbons (Fsp3) is 0.417. The third kappa shape index (κ3) is 1.03. The predicted octanol–water partition coefficient (Wildman–Crippen LogP) is 1.65. The van der Waals surface area contributed by atoms with Gasteiger partial charge < -0.3 is 9.47 Å². The highest BCUT2D eigenvalue weighted by Crippen LogP contribution is 2.53. The summed E-state index contributed by atoms with van der Waals surface area (Å²) in [5.41, 5.74) is 0.666. The Balaban J connectivity index is 2.02. The maximum absolute atomic E-state index is 11.7. The summed E-state index contributed by atoms with van der Waals surface area (Å²) in [7, 11) is 1.63. The van der Waals surface area contributed by atoms with Gasteiger partial charge in [-0.15, -0.1) is 0 Å². The molecule has 3 aliphatic rings. The molecule has 3 heteroatoms. The van der Waals surface area contributed by atoms with E-state index in [4.69, 9.17) is 9.47 Å². The smallest absolute Gasteiger partial charge is 0.317 e. The highest BCUT2D eigenvalue weighted by molar-refractivity contribution is 5.88. The monoisotopic (exact) mass is 204 g/mol. The van der Waals surface area contributed by atoms with Gasteiger partial charge in [0.05, 0.1) is 7.11 Å². The molecule has 0 atom stereocenters. The van der Waals surface area contributed by atoms with Gasteiger partial charge in [-0.3, -0.25) is 4.79 Å². The number of methoxy groups -OCH3 is 1. The van der Waals surface area contributed by atoms with Crippen LogP contribution in [0.1, 0.15) is 18.4 Å². The van der Waals surface area contributed by atoms with Gasteiger partial charge in [-0.25, -0.2) is 0 Å². The number of hydrogen-bond donors (Lipinski definition) is 0. The summed E-state index contributed by atoms with van der Waals surface area (Å²) in [6.07, 6.45) is 1.82. The van der Waals surface area contributed by atoms with Crippen molar-refractivity contribution in [1.29, 1.82) is 0 Å². The second kappa shape index (κ2) is 2.75. The SMILES string of the molecule is COc1cccc(C23CC(C2)OC3=O)c1. The van der Waals surface area contributed by atoms with Gasteiger partial charge in [-0.05, 0) is 17.7 Å². The molecule has 3 nitrogen and oxygen atoms in total. The standard InChI is InChI=1S/C12H12O3/c1-14-9-4-2-3-8(5-9)12-6-10(7-12)15-11(12)13/h2-5,10H,6-7H2,1H3. The Kier molecular flexibility index (Phi) is 1.61. The number of fused-ring (bicyclic) bond motifs is 1. The number of carbonyl (C=O) groups excluding carboxylic acids is 1. The van der Waals surface area contributed by atoms with Crippen LogP contribution >= 0.6 is 0 Å². The maximum atomic E-state index is 11.7. The molecular weight excluding hydrogens is 192 g/mol. The lowest BCUT2D eigenvalue weighted by molar-refractivity contribution is -0.139. The number of esters is 1. The third-order valence-corrected chi connectivity index (χ3v) is 3.44. The fourth-order valence-electron chi connectivity index (χ4n) is 2.51. The van der Waals surface area contributed by atoms with E-state index in [-0.39, 0.29) is 17.5 Å². The second-order valence-corrected chi connectivity index (χ2v) is 4.25. The van der Waals surface area contributed by atoms with E-state index in [0.717, 1.165) is 24.2 Å². The molecule has 1 aliphatic carbocycles. The first-order valence-electron chi connectivity index (χ1n) is 5.10. The van der Waals surface area contributed by atoms with E-state index in [0.29, 0.717) is 0 Å². The molecule has 3 fully saturated rings. The maximum Gasteiger partial charge on any atom is 0.317 e. The van der Waals surface area contributed by atoms with Crippen molar-refractivity contribution in [2.24, 2.45) is 0 Å². The van der Waals surface area contributed by atoms with Crippen LogP contribution in [-0.2, 0) is 14.9 Å². The fourth-order valence-corrected chi connectivity index (χ4v) is 2.51. The molecule has 0 N–H and O–H groups in total. The molecule has 0 unspecified atom stereocenters. The van der Waals surface area contributed by atoms with Gasteiger partial charge in [-0.2, -0.15) is 0 Å². The molecule has 15 heavy (non-hydrogen) atoms. The molecule has 0 spiro atoms. The van der Waals surface area contributed by atoms with Gasteiger partial charge in [0.1, 0.15) is 17.3 Å². The molecule has 4 rings (SSSR count). The summed E-state index contributed by atoms with van der Waals surface area (Å²) >= 11 is 0. The minimum atomic E-state index is -0.362. The summed E-state index contributed by atoms with van der Waals surface area (Å²) in [6.45, 7) is 0. The molecule has 1 aromatic rings. The zero-order valence-electron chi connectivity index (χ0n) is 8.53. The van der Waals surface area contributed by atoms with Crippen molar-refractivity contribution >= 4 is 5.97 Å². The average molecular weight is 204 g/mol. The molecule has 0 amide bonds. The van der Waals surface area contributed by atoms with E-state index >= 15 is 0 Å².